The van der Waals surface area contributed by atoms with Crippen LogP contribution in [0.15, 0.2) is 0 Å². The maximum Gasteiger partial charge on any atom is 0.304 e. The van der Waals surface area contributed by atoms with Gasteiger partial charge in [-0.05, 0) is 6.42 Å². The van der Waals surface area contributed by atoms with Gasteiger partial charge in [-0.25, -0.2) is 12.7 Å². The Morgan fingerprint density at radius 1 is 1.57 bits per heavy atom. The van der Waals surface area contributed by atoms with Crippen molar-refractivity contribution in [2.75, 3.05) is 18.8 Å². The van der Waals surface area contributed by atoms with E-state index in [2.05, 4.69) is 0 Å². The molecular weight excluding hydrogens is 208 g/mol. The van der Waals surface area contributed by atoms with Gasteiger partial charge in [-0.15, -0.1) is 0 Å². The van der Waals surface area contributed by atoms with Crippen LogP contribution in [-0.2, 0) is 14.8 Å². The number of hydrogen-bond acceptors (Lipinski definition) is 4. The Bertz CT molecular complexity index is 314. The molecule has 1 fully saturated rings. The lowest BCUT2D eigenvalue weighted by atomic mass is 10.3. The van der Waals surface area contributed by atoms with Crippen LogP contribution in [-0.4, -0.2) is 48.7 Å². The highest BCUT2D eigenvalue weighted by atomic mass is 32.2. The minimum absolute atomic E-state index is 0.116. The Morgan fingerprint density at radius 2 is 2.21 bits per heavy atom. The highest BCUT2D eigenvalue weighted by Crippen LogP contribution is 2.13. The van der Waals surface area contributed by atoms with Crippen molar-refractivity contribution < 1.29 is 18.3 Å². The molecule has 14 heavy (non-hydrogen) atoms. The van der Waals surface area contributed by atoms with E-state index in [1.165, 1.54) is 4.31 Å². The van der Waals surface area contributed by atoms with E-state index in [1.807, 2.05) is 0 Å². The average Bonchev–Trinajstić information content (AvgIpc) is 2.49. The van der Waals surface area contributed by atoms with Gasteiger partial charge in [-0.3, -0.25) is 4.79 Å². The molecule has 0 saturated carbocycles. The van der Waals surface area contributed by atoms with E-state index >= 15 is 0 Å². The van der Waals surface area contributed by atoms with E-state index in [1.54, 1.807) is 0 Å². The summed E-state index contributed by atoms with van der Waals surface area (Å²) in [4.78, 5) is 10.2. The van der Waals surface area contributed by atoms with E-state index in [0.717, 1.165) is 0 Å². The molecule has 1 heterocycles. The molecule has 0 aromatic heterocycles. The van der Waals surface area contributed by atoms with Gasteiger partial charge in [-0.1, -0.05) is 0 Å². The van der Waals surface area contributed by atoms with Crippen molar-refractivity contribution in [1.82, 2.24) is 4.31 Å². The Kier molecular flexibility index (Phi) is 3.46. The Labute approximate surface area is 82.7 Å². The minimum atomic E-state index is -3.42. The van der Waals surface area contributed by atoms with Crippen LogP contribution in [0.25, 0.3) is 0 Å². The summed E-state index contributed by atoms with van der Waals surface area (Å²) in [6.45, 7) is 0.713. The molecule has 6 nitrogen and oxygen atoms in total. The number of carboxylic acids is 1. The summed E-state index contributed by atoms with van der Waals surface area (Å²) in [5.41, 5.74) is 5.56. The Hall–Kier alpha value is -0.660. The first-order valence-electron chi connectivity index (χ1n) is 4.37. The van der Waals surface area contributed by atoms with E-state index in [0.29, 0.717) is 19.5 Å². The second-order valence-electron chi connectivity index (χ2n) is 3.37. The van der Waals surface area contributed by atoms with Gasteiger partial charge in [0.15, 0.2) is 0 Å². The zero-order chi connectivity index (χ0) is 10.8. The summed E-state index contributed by atoms with van der Waals surface area (Å²) < 4.78 is 24.2. The molecular formula is C7H14N2O4S. The number of carbonyl (C=O) groups is 1. The molecule has 0 bridgehead atoms. The molecule has 7 heteroatoms. The Balaban J connectivity index is 2.53. The molecule has 3 N–H and O–H groups in total. The van der Waals surface area contributed by atoms with Crippen molar-refractivity contribution in [2.24, 2.45) is 5.73 Å². The van der Waals surface area contributed by atoms with Gasteiger partial charge in [0, 0.05) is 19.1 Å². The Morgan fingerprint density at radius 3 is 2.64 bits per heavy atom. The van der Waals surface area contributed by atoms with Crippen LogP contribution in [0.4, 0.5) is 0 Å². The van der Waals surface area contributed by atoms with Crippen molar-refractivity contribution >= 4 is 16.0 Å². The summed E-state index contributed by atoms with van der Waals surface area (Å²) in [6, 6.07) is -0.116. The van der Waals surface area contributed by atoms with E-state index in [4.69, 9.17) is 10.8 Å². The fourth-order valence-corrected chi connectivity index (χ4v) is 2.84. The van der Waals surface area contributed by atoms with Crippen molar-refractivity contribution in [3.8, 4) is 0 Å². The maximum absolute atomic E-state index is 11.5. The van der Waals surface area contributed by atoms with Crippen LogP contribution in [0, 0.1) is 0 Å². The molecule has 1 atom stereocenters. The number of hydrogen-bond donors (Lipinski definition) is 2. The first-order valence-corrected chi connectivity index (χ1v) is 5.98. The first kappa shape index (κ1) is 11.4. The molecule has 0 unspecified atom stereocenters. The number of rotatable bonds is 4. The third-order valence-electron chi connectivity index (χ3n) is 2.15. The third kappa shape index (κ3) is 2.93. The van der Waals surface area contributed by atoms with E-state index < -0.39 is 16.0 Å². The number of sulfonamides is 1. The predicted octanol–water partition coefficient (Wildman–Crippen LogP) is -1.18. The molecule has 1 aliphatic heterocycles. The van der Waals surface area contributed by atoms with Crippen LogP contribution in [0.5, 0.6) is 0 Å². The topological polar surface area (TPSA) is 101 Å². The van der Waals surface area contributed by atoms with Crippen LogP contribution >= 0.6 is 0 Å². The number of aliphatic carboxylic acids is 1. The smallest absolute Gasteiger partial charge is 0.304 e. The van der Waals surface area contributed by atoms with Crippen LogP contribution in [0.3, 0.4) is 0 Å². The zero-order valence-corrected chi connectivity index (χ0v) is 8.53. The zero-order valence-electron chi connectivity index (χ0n) is 7.72. The van der Waals surface area contributed by atoms with Gasteiger partial charge in [0.2, 0.25) is 10.0 Å². The van der Waals surface area contributed by atoms with Gasteiger partial charge in [0.05, 0.1) is 12.2 Å². The first-order chi connectivity index (χ1) is 6.42. The number of nitrogens with zero attached hydrogens (tertiary/aromatic N) is 1. The standard InChI is InChI=1S/C7H14N2O4S/c8-6-1-3-9(5-6)14(12,13)4-2-7(10)11/h6H,1-5,8H2,(H,10,11)/t6-/m0/s1. The number of carboxylic acid groups (broad SMARTS) is 1. The monoisotopic (exact) mass is 222 g/mol. The molecule has 82 valence electrons. The van der Waals surface area contributed by atoms with E-state index in [-0.39, 0.29) is 18.2 Å². The average molecular weight is 222 g/mol. The highest BCUT2D eigenvalue weighted by Gasteiger charge is 2.29. The quantitative estimate of drug-likeness (QED) is 0.623. The van der Waals surface area contributed by atoms with Crippen molar-refractivity contribution in [1.29, 1.82) is 0 Å². The lowest BCUT2D eigenvalue weighted by molar-refractivity contribution is -0.136. The molecule has 0 radical (unpaired) electrons. The van der Waals surface area contributed by atoms with Crippen LogP contribution < -0.4 is 5.73 Å². The van der Waals surface area contributed by atoms with Gasteiger partial charge in [-0.2, -0.15) is 0 Å². The number of nitrogens with two attached hydrogens (primary N) is 1. The lowest BCUT2D eigenvalue weighted by Crippen LogP contribution is -2.34. The normalized spacial score (nSPS) is 23.9. The highest BCUT2D eigenvalue weighted by molar-refractivity contribution is 7.89. The molecule has 0 aromatic carbocycles. The molecule has 0 spiro atoms. The van der Waals surface area contributed by atoms with Crippen LogP contribution in [0.1, 0.15) is 12.8 Å². The molecule has 0 aliphatic carbocycles. The lowest BCUT2D eigenvalue weighted by Gasteiger charge is -2.14. The second kappa shape index (κ2) is 4.24. The summed E-state index contributed by atoms with van der Waals surface area (Å²) in [7, 11) is -3.42. The maximum atomic E-state index is 11.5. The summed E-state index contributed by atoms with van der Waals surface area (Å²) >= 11 is 0. The molecule has 1 saturated heterocycles. The summed E-state index contributed by atoms with van der Waals surface area (Å²) in [5, 5.41) is 8.36. The molecule has 0 aromatic rings. The van der Waals surface area contributed by atoms with Crippen molar-refractivity contribution in [3.05, 3.63) is 0 Å². The predicted molar refractivity (Wildman–Crippen MR) is 50.2 cm³/mol. The molecule has 1 aliphatic rings. The minimum Gasteiger partial charge on any atom is -0.481 e. The summed E-state index contributed by atoms with van der Waals surface area (Å²) in [5.74, 6) is -1.44. The van der Waals surface area contributed by atoms with E-state index in [9.17, 15) is 13.2 Å². The van der Waals surface area contributed by atoms with Crippen molar-refractivity contribution in [2.45, 2.75) is 18.9 Å². The van der Waals surface area contributed by atoms with Gasteiger partial charge < -0.3 is 10.8 Å². The third-order valence-corrected chi connectivity index (χ3v) is 3.99. The molecule has 0 amide bonds. The summed E-state index contributed by atoms with van der Waals surface area (Å²) in [6.07, 6.45) is 0.292. The van der Waals surface area contributed by atoms with Gasteiger partial charge >= 0.3 is 5.97 Å². The fourth-order valence-electron chi connectivity index (χ4n) is 1.35. The van der Waals surface area contributed by atoms with Gasteiger partial charge in [0.25, 0.3) is 0 Å². The van der Waals surface area contributed by atoms with Crippen molar-refractivity contribution in [3.63, 3.8) is 0 Å². The van der Waals surface area contributed by atoms with Crippen LogP contribution in [0.2, 0.25) is 0 Å². The van der Waals surface area contributed by atoms with Gasteiger partial charge in [0.1, 0.15) is 0 Å². The fraction of sp³-hybridized carbons (Fsp3) is 0.857. The largest absolute Gasteiger partial charge is 0.481 e. The SMILES string of the molecule is N[C@H]1CCN(S(=O)(=O)CCC(=O)O)C1. The molecule has 1 rings (SSSR count). The second-order valence-corrected chi connectivity index (χ2v) is 5.45.